The summed E-state index contributed by atoms with van der Waals surface area (Å²) in [6.45, 7) is 0. The van der Waals surface area contributed by atoms with Crippen LogP contribution in [0.1, 0.15) is 5.56 Å². The van der Waals surface area contributed by atoms with E-state index in [0.717, 1.165) is 10.5 Å². The van der Waals surface area contributed by atoms with Crippen LogP contribution in [-0.2, 0) is 20.8 Å². The number of hydrogen-bond donors (Lipinski definition) is 1. The number of ether oxygens (including phenoxy) is 1. The molecule has 136 valence electrons. The zero-order valence-electron chi connectivity index (χ0n) is 14.6. The average molecular weight is 363 g/mol. The summed E-state index contributed by atoms with van der Waals surface area (Å²) in [6.07, 6.45) is 0.130. The molecular weight excluding hydrogens is 346 g/mol. The number of nitrogens with one attached hydrogen (secondary N) is 1. The van der Waals surface area contributed by atoms with Crippen LogP contribution in [0.4, 0.5) is 5.69 Å². The van der Waals surface area contributed by atoms with E-state index in [4.69, 9.17) is 4.74 Å². The van der Waals surface area contributed by atoms with Gasteiger partial charge in [-0.1, -0.05) is 36.4 Å². The van der Waals surface area contributed by atoms with Crippen LogP contribution in [0.25, 0.3) is 0 Å². The van der Waals surface area contributed by atoms with Gasteiger partial charge < -0.3 is 4.74 Å². The third-order valence-electron chi connectivity index (χ3n) is 4.73. The summed E-state index contributed by atoms with van der Waals surface area (Å²) in [5.74, 6) is -1.52. The molecular formula is C20H17N3O4. The highest BCUT2D eigenvalue weighted by molar-refractivity contribution is 6.49. The van der Waals surface area contributed by atoms with Gasteiger partial charge in [0, 0.05) is 12.5 Å². The third kappa shape index (κ3) is 2.87. The number of fused-ring (bicyclic) bond motifs is 1. The van der Waals surface area contributed by atoms with Crippen LogP contribution >= 0.6 is 0 Å². The maximum atomic E-state index is 13.0. The summed E-state index contributed by atoms with van der Waals surface area (Å²) in [7, 11) is 1.51. The maximum absolute atomic E-state index is 13.0. The van der Waals surface area contributed by atoms with Crippen molar-refractivity contribution in [3.8, 4) is 5.75 Å². The van der Waals surface area contributed by atoms with Gasteiger partial charge in [0.15, 0.2) is 5.78 Å². The summed E-state index contributed by atoms with van der Waals surface area (Å²) in [6, 6.07) is 15.1. The molecule has 2 aromatic carbocycles. The summed E-state index contributed by atoms with van der Waals surface area (Å²) >= 11 is 0. The summed E-state index contributed by atoms with van der Waals surface area (Å²) in [5.41, 5.74) is 4.01. The standard InChI is InChI=1S/C20H17N3O4/c1-27-14-9-5-8-13(11-14)23-19(25)16-17(21-22-18(16)20(23)26)15(24)10-12-6-3-2-4-7-12/h2-9,11,16,18,22H,10H2,1H3. The lowest BCUT2D eigenvalue weighted by Crippen LogP contribution is -2.36. The van der Waals surface area contributed by atoms with E-state index >= 15 is 0 Å². The molecule has 0 spiro atoms. The predicted molar refractivity (Wildman–Crippen MR) is 98.5 cm³/mol. The zero-order chi connectivity index (χ0) is 19.0. The van der Waals surface area contributed by atoms with Crippen LogP contribution in [0.2, 0.25) is 0 Å². The number of ketones is 1. The Morgan fingerprint density at radius 2 is 1.89 bits per heavy atom. The second-order valence-electron chi connectivity index (χ2n) is 6.38. The number of imide groups is 1. The van der Waals surface area contributed by atoms with Crippen LogP contribution in [0, 0.1) is 5.92 Å². The molecule has 1 saturated heterocycles. The molecule has 7 nitrogen and oxygen atoms in total. The molecule has 1 N–H and O–H groups in total. The predicted octanol–water partition coefficient (Wildman–Crippen LogP) is 1.32. The minimum atomic E-state index is -0.903. The lowest BCUT2D eigenvalue weighted by atomic mass is 9.93. The number of hydrazone groups is 1. The van der Waals surface area contributed by atoms with Gasteiger partial charge in [-0.15, -0.1) is 0 Å². The Labute approximate surface area is 155 Å². The Morgan fingerprint density at radius 1 is 1.11 bits per heavy atom. The third-order valence-corrected chi connectivity index (χ3v) is 4.73. The molecule has 2 unspecified atom stereocenters. The van der Waals surface area contributed by atoms with E-state index in [1.54, 1.807) is 24.3 Å². The first-order valence-electron chi connectivity index (χ1n) is 8.52. The Hall–Kier alpha value is -3.48. The molecule has 4 rings (SSSR count). The SMILES string of the molecule is COc1cccc(N2C(=O)C3NN=C(C(=O)Cc4ccccc4)C3C2=O)c1. The van der Waals surface area contributed by atoms with Crippen molar-refractivity contribution in [3.05, 3.63) is 60.2 Å². The second-order valence-corrected chi connectivity index (χ2v) is 6.38. The van der Waals surface area contributed by atoms with E-state index in [-0.39, 0.29) is 17.9 Å². The topological polar surface area (TPSA) is 88.1 Å². The van der Waals surface area contributed by atoms with Crippen molar-refractivity contribution >= 4 is 29.0 Å². The molecule has 2 amide bonds. The maximum Gasteiger partial charge on any atom is 0.259 e. The van der Waals surface area contributed by atoms with Gasteiger partial charge >= 0.3 is 0 Å². The molecule has 1 fully saturated rings. The van der Waals surface area contributed by atoms with E-state index < -0.39 is 23.8 Å². The summed E-state index contributed by atoms with van der Waals surface area (Å²) < 4.78 is 5.16. The molecule has 0 aromatic heterocycles. The fourth-order valence-corrected chi connectivity index (χ4v) is 3.40. The Morgan fingerprint density at radius 3 is 2.63 bits per heavy atom. The number of carbonyl (C=O) groups is 3. The lowest BCUT2D eigenvalue weighted by Gasteiger charge is -2.16. The van der Waals surface area contributed by atoms with Crippen molar-refractivity contribution in [1.82, 2.24) is 5.43 Å². The number of nitrogens with zero attached hydrogens (tertiary/aromatic N) is 2. The molecule has 2 aliphatic heterocycles. The molecule has 27 heavy (non-hydrogen) atoms. The largest absolute Gasteiger partial charge is 0.497 e. The van der Waals surface area contributed by atoms with Crippen molar-refractivity contribution in [2.45, 2.75) is 12.5 Å². The molecule has 0 saturated carbocycles. The van der Waals surface area contributed by atoms with Crippen molar-refractivity contribution in [3.63, 3.8) is 0 Å². The van der Waals surface area contributed by atoms with Gasteiger partial charge in [-0.3, -0.25) is 19.8 Å². The van der Waals surface area contributed by atoms with Crippen LogP contribution in [-0.4, -0.2) is 36.5 Å². The van der Waals surface area contributed by atoms with Crippen LogP contribution in [0.3, 0.4) is 0 Å². The van der Waals surface area contributed by atoms with Gasteiger partial charge in [-0.2, -0.15) is 5.10 Å². The zero-order valence-corrected chi connectivity index (χ0v) is 14.6. The highest BCUT2D eigenvalue weighted by atomic mass is 16.5. The van der Waals surface area contributed by atoms with Gasteiger partial charge in [0.2, 0.25) is 5.91 Å². The minimum absolute atomic E-state index is 0.104. The first-order chi connectivity index (χ1) is 13.1. The smallest absolute Gasteiger partial charge is 0.259 e. The van der Waals surface area contributed by atoms with Crippen molar-refractivity contribution in [2.75, 3.05) is 12.0 Å². The Kier molecular flexibility index (Phi) is 4.19. The van der Waals surface area contributed by atoms with Gasteiger partial charge in [-0.05, 0) is 17.7 Å². The van der Waals surface area contributed by atoms with E-state index in [1.807, 2.05) is 30.3 Å². The van der Waals surface area contributed by atoms with Gasteiger partial charge in [0.05, 0.1) is 12.8 Å². The summed E-state index contributed by atoms with van der Waals surface area (Å²) in [4.78, 5) is 39.5. The lowest BCUT2D eigenvalue weighted by molar-refractivity contribution is -0.122. The molecule has 2 aliphatic rings. The molecule has 2 atom stereocenters. The number of hydrogen-bond acceptors (Lipinski definition) is 6. The van der Waals surface area contributed by atoms with E-state index in [9.17, 15) is 14.4 Å². The van der Waals surface area contributed by atoms with Crippen molar-refractivity contribution < 1.29 is 19.1 Å². The number of benzene rings is 2. The Bertz CT molecular complexity index is 955. The normalized spacial score (nSPS) is 20.9. The van der Waals surface area contributed by atoms with Gasteiger partial charge in [0.25, 0.3) is 5.91 Å². The molecule has 0 bridgehead atoms. The number of rotatable bonds is 5. The monoisotopic (exact) mass is 363 g/mol. The number of carbonyl (C=O) groups excluding carboxylic acids is 3. The highest BCUT2D eigenvalue weighted by Crippen LogP contribution is 2.32. The van der Waals surface area contributed by atoms with Crippen LogP contribution < -0.4 is 15.1 Å². The van der Waals surface area contributed by atoms with E-state index in [1.165, 1.54) is 7.11 Å². The summed E-state index contributed by atoms with van der Waals surface area (Å²) in [5, 5.41) is 4.00. The molecule has 0 radical (unpaired) electrons. The fourth-order valence-electron chi connectivity index (χ4n) is 3.40. The fraction of sp³-hybridized carbons (Fsp3) is 0.200. The van der Waals surface area contributed by atoms with E-state index in [0.29, 0.717) is 11.4 Å². The highest BCUT2D eigenvalue weighted by Gasteiger charge is 2.55. The van der Waals surface area contributed by atoms with Gasteiger partial charge in [0.1, 0.15) is 23.4 Å². The number of methoxy groups -OCH3 is 1. The second kappa shape index (κ2) is 6.68. The van der Waals surface area contributed by atoms with Crippen molar-refractivity contribution in [1.29, 1.82) is 0 Å². The first kappa shape index (κ1) is 17.0. The minimum Gasteiger partial charge on any atom is -0.497 e. The molecule has 0 aliphatic carbocycles. The van der Waals surface area contributed by atoms with Gasteiger partial charge in [-0.25, -0.2) is 4.90 Å². The number of anilines is 1. The van der Waals surface area contributed by atoms with E-state index in [2.05, 4.69) is 10.5 Å². The molecule has 2 heterocycles. The average Bonchev–Trinajstić information content (AvgIpc) is 3.23. The first-order valence-corrected chi connectivity index (χ1v) is 8.52. The van der Waals surface area contributed by atoms with Crippen LogP contribution in [0.15, 0.2) is 59.7 Å². The van der Waals surface area contributed by atoms with Crippen molar-refractivity contribution in [2.24, 2.45) is 11.0 Å². The molecule has 7 heteroatoms. The van der Waals surface area contributed by atoms with Crippen LogP contribution in [0.5, 0.6) is 5.75 Å². The number of amides is 2. The molecule has 2 aromatic rings. The number of Topliss-reactive ketones (excluding diaryl/α,β-unsaturated/α-hetero) is 1. The Balaban J connectivity index is 1.59. The quantitative estimate of drug-likeness (QED) is 0.810.